The number of nitrogen functional groups attached to an aromatic ring is 1. The highest BCUT2D eigenvalue weighted by atomic mass is 35.5. The van der Waals surface area contributed by atoms with Gasteiger partial charge in [-0.1, -0.05) is 18.0 Å². The third-order valence-corrected chi connectivity index (χ3v) is 4.53. The first-order valence-corrected chi connectivity index (χ1v) is 7.47. The van der Waals surface area contributed by atoms with Gasteiger partial charge in [0.25, 0.3) is 5.91 Å². The summed E-state index contributed by atoms with van der Waals surface area (Å²) in [4.78, 5) is 20.9. The average Bonchev–Trinajstić information content (AvgIpc) is 2.48. The molecule has 1 aromatic rings. The molecule has 0 saturated carbocycles. The molecule has 6 heteroatoms. The van der Waals surface area contributed by atoms with Gasteiger partial charge in [0.05, 0.1) is 10.6 Å². The minimum Gasteiger partial charge on any atom is -0.384 e. The molecule has 108 valence electrons. The Kier molecular flexibility index (Phi) is 3.81. The van der Waals surface area contributed by atoms with Crippen molar-refractivity contribution in [2.75, 3.05) is 31.9 Å². The SMILES string of the molecule is Nc1cc(C(=O)N2CCN3CCCCC3C2)c(Cl)cn1. The van der Waals surface area contributed by atoms with Gasteiger partial charge in [-0.3, -0.25) is 9.69 Å². The lowest BCUT2D eigenvalue weighted by molar-refractivity contribution is 0.0372. The molecular weight excluding hydrogens is 276 g/mol. The number of fused-ring (bicyclic) bond motifs is 1. The monoisotopic (exact) mass is 294 g/mol. The summed E-state index contributed by atoms with van der Waals surface area (Å²) >= 11 is 6.07. The maximum Gasteiger partial charge on any atom is 0.255 e. The molecule has 0 aromatic carbocycles. The number of nitrogens with zero attached hydrogens (tertiary/aromatic N) is 3. The summed E-state index contributed by atoms with van der Waals surface area (Å²) in [5.41, 5.74) is 6.11. The Morgan fingerprint density at radius 1 is 1.35 bits per heavy atom. The van der Waals surface area contributed by atoms with Gasteiger partial charge in [-0.25, -0.2) is 4.98 Å². The lowest BCUT2D eigenvalue weighted by Crippen LogP contribution is -2.56. The van der Waals surface area contributed by atoms with Gasteiger partial charge in [0.15, 0.2) is 0 Å². The molecule has 2 fully saturated rings. The van der Waals surface area contributed by atoms with Gasteiger partial charge < -0.3 is 10.6 Å². The van der Waals surface area contributed by atoms with Crippen molar-refractivity contribution in [1.29, 1.82) is 0 Å². The lowest BCUT2D eigenvalue weighted by atomic mass is 9.99. The van der Waals surface area contributed by atoms with Crippen molar-refractivity contribution in [3.05, 3.63) is 22.8 Å². The zero-order valence-electron chi connectivity index (χ0n) is 11.4. The van der Waals surface area contributed by atoms with E-state index in [1.54, 1.807) is 6.07 Å². The molecule has 1 unspecified atom stereocenters. The molecule has 20 heavy (non-hydrogen) atoms. The topological polar surface area (TPSA) is 62.5 Å². The van der Waals surface area contributed by atoms with Gasteiger partial charge in [0.1, 0.15) is 5.82 Å². The molecule has 2 aliphatic rings. The first kappa shape index (κ1) is 13.6. The van der Waals surface area contributed by atoms with E-state index in [9.17, 15) is 4.79 Å². The van der Waals surface area contributed by atoms with Crippen LogP contribution in [0.15, 0.2) is 12.3 Å². The van der Waals surface area contributed by atoms with Crippen LogP contribution in [0.1, 0.15) is 29.6 Å². The zero-order valence-corrected chi connectivity index (χ0v) is 12.1. The van der Waals surface area contributed by atoms with E-state index < -0.39 is 0 Å². The second kappa shape index (κ2) is 5.58. The first-order valence-electron chi connectivity index (χ1n) is 7.09. The van der Waals surface area contributed by atoms with Gasteiger partial charge in [-0.15, -0.1) is 0 Å². The molecule has 2 saturated heterocycles. The molecule has 0 bridgehead atoms. The van der Waals surface area contributed by atoms with Gasteiger partial charge in [0, 0.05) is 31.9 Å². The summed E-state index contributed by atoms with van der Waals surface area (Å²) in [6, 6.07) is 2.07. The van der Waals surface area contributed by atoms with Gasteiger partial charge in [-0.2, -0.15) is 0 Å². The van der Waals surface area contributed by atoms with Crippen molar-refractivity contribution < 1.29 is 4.79 Å². The summed E-state index contributed by atoms with van der Waals surface area (Å²) in [5.74, 6) is 0.295. The van der Waals surface area contributed by atoms with E-state index in [4.69, 9.17) is 17.3 Å². The van der Waals surface area contributed by atoms with Crippen LogP contribution in [0.4, 0.5) is 5.82 Å². The highest BCUT2D eigenvalue weighted by Crippen LogP contribution is 2.24. The van der Waals surface area contributed by atoms with Crippen molar-refractivity contribution in [2.24, 2.45) is 0 Å². The van der Waals surface area contributed by atoms with Gasteiger partial charge in [-0.05, 0) is 25.5 Å². The smallest absolute Gasteiger partial charge is 0.255 e. The van der Waals surface area contributed by atoms with Crippen LogP contribution in [-0.4, -0.2) is 52.9 Å². The number of piperidine rings is 1. The third kappa shape index (κ3) is 2.60. The van der Waals surface area contributed by atoms with E-state index in [1.165, 1.54) is 25.5 Å². The Labute approximate surface area is 123 Å². The number of halogens is 1. The fourth-order valence-corrected chi connectivity index (χ4v) is 3.31. The fraction of sp³-hybridized carbons (Fsp3) is 0.571. The molecular formula is C14H19ClN4O. The molecule has 3 heterocycles. The predicted octanol–water partition coefficient (Wildman–Crippen LogP) is 1.63. The van der Waals surface area contributed by atoms with Crippen LogP contribution in [0.25, 0.3) is 0 Å². The van der Waals surface area contributed by atoms with Crippen molar-refractivity contribution in [3.63, 3.8) is 0 Å². The number of nitrogens with two attached hydrogens (primary N) is 1. The number of carbonyl (C=O) groups excluding carboxylic acids is 1. The Hall–Kier alpha value is -1.33. The summed E-state index contributed by atoms with van der Waals surface area (Å²) < 4.78 is 0. The van der Waals surface area contributed by atoms with E-state index in [2.05, 4.69) is 9.88 Å². The number of amides is 1. The van der Waals surface area contributed by atoms with Gasteiger partial charge >= 0.3 is 0 Å². The molecule has 2 N–H and O–H groups in total. The maximum atomic E-state index is 12.6. The van der Waals surface area contributed by atoms with Crippen LogP contribution in [0.2, 0.25) is 5.02 Å². The number of aromatic nitrogens is 1. The Bertz CT molecular complexity index is 522. The maximum absolute atomic E-state index is 12.6. The first-order chi connectivity index (χ1) is 9.65. The minimum atomic E-state index is -0.0330. The highest BCUT2D eigenvalue weighted by Gasteiger charge is 2.31. The van der Waals surface area contributed by atoms with E-state index >= 15 is 0 Å². The van der Waals surface area contributed by atoms with Gasteiger partial charge in [0.2, 0.25) is 0 Å². The van der Waals surface area contributed by atoms with Crippen LogP contribution in [0.5, 0.6) is 0 Å². The van der Waals surface area contributed by atoms with E-state index in [0.29, 0.717) is 22.4 Å². The van der Waals surface area contributed by atoms with E-state index in [0.717, 1.165) is 26.2 Å². The summed E-state index contributed by atoms with van der Waals surface area (Å²) in [6.45, 7) is 3.66. The predicted molar refractivity (Wildman–Crippen MR) is 78.8 cm³/mol. The second-order valence-corrected chi connectivity index (χ2v) is 5.93. The quantitative estimate of drug-likeness (QED) is 0.855. The average molecular weight is 295 g/mol. The minimum absolute atomic E-state index is 0.0330. The summed E-state index contributed by atoms with van der Waals surface area (Å²) in [6.07, 6.45) is 5.15. The number of rotatable bonds is 1. The number of carbonyl (C=O) groups is 1. The number of hydrogen-bond donors (Lipinski definition) is 1. The zero-order chi connectivity index (χ0) is 14.1. The standard InChI is InChI=1S/C14H19ClN4O/c15-12-8-17-13(16)7-11(12)14(20)19-6-5-18-4-2-1-3-10(18)9-19/h7-8,10H,1-6,9H2,(H2,16,17). The lowest BCUT2D eigenvalue weighted by Gasteiger charge is -2.44. The summed E-state index contributed by atoms with van der Waals surface area (Å²) in [5, 5.41) is 0.371. The van der Waals surface area contributed by atoms with Crippen LogP contribution in [-0.2, 0) is 0 Å². The van der Waals surface area contributed by atoms with Crippen molar-refractivity contribution in [1.82, 2.24) is 14.8 Å². The molecule has 2 aliphatic heterocycles. The van der Waals surface area contributed by atoms with Crippen molar-refractivity contribution in [2.45, 2.75) is 25.3 Å². The molecule has 1 aromatic heterocycles. The Morgan fingerprint density at radius 2 is 2.20 bits per heavy atom. The molecule has 5 nitrogen and oxygen atoms in total. The molecule has 0 spiro atoms. The Balaban J connectivity index is 1.76. The fourth-order valence-electron chi connectivity index (χ4n) is 3.13. The highest BCUT2D eigenvalue weighted by molar-refractivity contribution is 6.33. The number of pyridine rings is 1. The Morgan fingerprint density at radius 3 is 3.05 bits per heavy atom. The van der Waals surface area contributed by atoms with Crippen LogP contribution in [0, 0.1) is 0 Å². The normalized spacial score (nSPS) is 23.4. The van der Waals surface area contributed by atoms with Crippen molar-refractivity contribution >= 4 is 23.3 Å². The van der Waals surface area contributed by atoms with Crippen LogP contribution < -0.4 is 5.73 Å². The van der Waals surface area contributed by atoms with Crippen LogP contribution >= 0.6 is 11.6 Å². The van der Waals surface area contributed by atoms with E-state index in [1.807, 2.05) is 4.90 Å². The third-order valence-electron chi connectivity index (χ3n) is 4.23. The van der Waals surface area contributed by atoms with Crippen molar-refractivity contribution in [3.8, 4) is 0 Å². The second-order valence-electron chi connectivity index (χ2n) is 5.53. The number of anilines is 1. The summed E-state index contributed by atoms with van der Waals surface area (Å²) in [7, 11) is 0. The van der Waals surface area contributed by atoms with E-state index in [-0.39, 0.29) is 5.91 Å². The molecule has 3 rings (SSSR count). The molecule has 0 radical (unpaired) electrons. The van der Waals surface area contributed by atoms with Crippen LogP contribution in [0.3, 0.4) is 0 Å². The number of piperazine rings is 1. The largest absolute Gasteiger partial charge is 0.384 e. The molecule has 0 aliphatic carbocycles. The molecule has 1 amide bonds. The molecule has 1 atom stereocenters. The number of hydrogen-bond acceptors (Lipinski definition) is 4.